The molecule has 0 spiro atoms. The largest absolute Gasteiger partial charge is 0.490 e. The number of hydrogen-bond donors (Lipinski definition) is 1. The van der Waals surface area contributed by atoms with E-state index in [0.29, 0.717) is 58.5 Å². The molecule has 0 bridgehead atoms. The summed E-state index contributed by atoms with van der Waals surface area (Å²) in [7, 11) is 1.31. The molecule has 8 heteroatoms. The average Bonchev–Trinajstić information content (AvgIpc) is 2.59. The Morgan fingerprint density at radius 3 is 2.13 bits per heavy atom. The van der Waals surface area contributed by atoms with Gasteiger partial charge in [0.1, 0.15) is 18.1 Å². The third-order valence-corrected chi connectivity index (χ3v) is 2.63. The summed E-state index contributed by atoms with van der Waals surface area (Å²) in [5.41, 5.74) is 5.52. The van der Waals surface area contributed by atoms with Crippen LogP contribution in [0.3, 0.4) is 0 Å². The van der Waals surface area contributed by atoms with Gasteiger partial charge in [0.2, 0.25) is 0 Å². The zero-order valence-electron chi connectivity index (χ0n) is 13.4. The van der Waals surface area contributed by atoms with Crippen molar-refractivity contribution < 1.29 is 28.5 Å². The topological polar surface area (TPSA) is 102 Å². The van der Waals surface area contributed by atoms with Crippen LogP contribution in [0.15, 0.2) is 18.3 Å². The van der Waals surface area contributed by atoms with Gasteiger partial charge in [-0.3, -0.25) is 0 Å². The fourth-order valence-electron chi connectivity index (χ4n) is 1.53. The number of hydrogen-bond acceptors (Lipinski definition) is 8. The van der Waals surface area contributed by atoms with Crippen LogP contribution in [0.2, 0.25) is 0 Å². The second-order valence-corrected chi connectivity index (χ2v) is 4.34. The first-order chi connectivity index (χ1) is 11.3. The highest BCUT2D eigenvalue weighted by molar-refractivity contribution is 5.87. The van der Waals surface area contributed by atoms with Crippen molar-refractivity contribution in [3.8, 4) is 5.75 Å². The van der Waals surface area contributed by atoms with E-state index >= 15 is 0 Å². The van der Waals surface area contributed by atoms with Crippen molar-refractivity contribution >= 4 is 5.97 Å². The Hall–Kier alpha value is -1.74. The number of ether oxygens (including phenoxy) is 5. The lowest BCUT2D eigenvalue weighted by atomic mass is 10.3. The molecule has 1 aromatic heterocycles. The molecule has 130 valence electrons. The van der Waals surface area contributed by atoms with E-state index in [1.165, 1.54) is 13.3 Å². The van der Waals surface area contributed by atoms with Gasteiger partial charge >= 0.3 is 5.97 Å². The highest BCUT2D eigenvalue weighted by Crippen LogP contribution is 2.09. The Bertz CT molecular complexity index is 426. The summed E-state index contributed by atoms with van der Waals surface area (Å²) >= 11 is 0. The summed E-state index contributed by atoms with van der Waals surface area (Å²) < 4.78 is 25.8. The van der Waals surface area contributed by atoms with Crippen LogP contribution in [0.1, 0.15) is 10.5 Å². The molecule has 23 heavy (non-hydrogen) atoms. The molecule has 0 radical (unpaired) electrons. The van der Waals surface area contributed by atoms with Crippen LogP contribution in [0.25, 0.3) is 0 Å². The molecule has 0 aliphatic rings. The van der Waals surface area contributed by atoms with Gasteiger partial charge in [0, 0.05) is 6.54 Å². The van der Waals surface area contributed by atoms with E-state index in [4.69, 9.17) is 24.7 Å². The van der Waals surface area contributed by atoms with Crippen LogP contribution in [-0.4, -0.2) is 70.9 Å². The molecular formula is C15H24N2O6. The van der Waals surface area contributed by atoms with Crippen LogP contribution in [-0.2, 0) is 18.9 Å². The number of carbonyl (C=O) groups excluding carboxylic acids is 1. The summed E-state index contributed by atoms with van der Waals surface area (Å²) in [6.45, 7) is 3.94. The molecular weight excluding hydrogens is 304 g/mol. The van der Waals surface area contributed by atoms with E-state index in [2.05, 4.69) is 9.72 Å². The number of esters is 1. The number of methoxy groups -OCH3 is 1. The Labute approximate surface area is 135 Å². The molecule has 0 saturated heterocycles. The van der Waals surface area contributed by atoms with Gasteiger partial charge in [0.25, 0.3) is 0 Å². The Morgan fingerprint density at radius 2 is 1.61 bits per heavy atom. The first-order valence-corrected chi connectivity index (χ1v) is 7.38. The predicted molar refractivity (Wildman–Crippen MR) is 82.6 cm³/mol. The molecule has 0 aromatic carbocycles. The van der Waals surface area contributed by atoms with Gasteiger partial charge < -0.3 is 29.4 Å². The van der Waals surface area contributed by atoms with E-state index in [1.807, 2.05) is 0 Å². The van der Waals surface area contributed by atoms with Crippen molar-refractivity contribution in [1.29, 1.82) is 0 Å². The normalized spacial score (nSPS) is 10.5. The zero-order chi connectivity index (χ0) is 16.8. The molecule has 2 N–H and O–H groups in total. The fourth-order valence-corrected chi connectivity index (χ4v) is 1.53. The molecule has 8 nitrogen and oxygen atoms in total. The van der Waals surface area contributed by atoms with Crippen LogP contribution >= 0.6 is 0 Å². The first-order valence-electron chi connectivity index (χ1n) is 7.38. The monoisotopic (exact) mass is 328 g/mol. The van der Waals surface area contributed by atoms with Crippen molar-refractivity contribution in [2.45, 2.75) is 0 Å². The maximum atomic E-state index is 11.2. The summed E-state index contributed by atoms with van der Waals surface area (Å²) in [5.74, 6) is 0.0860. The second kappa shape index (κ2) is 12.8. The molecule has 0 atom stereocenters. The zero-order valence-corrected chi connectivity index (χ0v) is 13.4. The third kappa shape index (κ3) is 9.09. The third-order valence-electron chi connectivity index (χ3n) is 2.63. The highest BCUT2D eigenvalue weighted by Gasteiger charge is 2.06. The highest BCUT2D eigenvalue weighted by atomic mass is 16.6. The standard InChI is InChI=1S/C15H24N2O6/c1-19-15(18)14-3-2-13(12-17-14)23-11-10-22-9-8-21-7-6-20-5-4-16/h2-3,12H,4-11,16H2,1H3. The Morgan fingerprint density at radius 1 is 1.00 bits per heavy atom. The van der Waals surface area contributed by atoms with E-state index in [9.17, 15) is 4.79 Å². The molecule has 0 fully saturated rings. The minimum atomic E-state index is -0.478. The predicted octanol–water partition coefficient (Wildman–Crippen LogP) is 0.256. The maximum absolute atomic E-state index is 11.2. The van der Waals surface area contributed by atoms with Gasteiger partial charge in [0.05, 0.1) is 52.9 Å². The molecule has 1 rings (SSSR count). The second-order valence-electron chi connectivity index (χ2n) is 4.34. The summed E-state index contributed by atoms with van der Waals surface area (Å²) in [4.78, 5) is 15.2. The fraction of sp³-hybridized carbons (Fsp3) is 0.600. The minimum absolute atomic E-state index is 0.240. The maximum Gasteiger partial charge on any atom is 0.356 e. The Kier molecular flexibility index (Phi) is 10.7. The molecule has 0 unspecified atom stereocenters. The lowest BCUT2D eigenvalue weighted by molar-refractivity contribution is 0.0105. The summed E-state index contributed by atoms with van der Waals surface area (Å²) in [6.07, 6.45) is 1.47. The number of rotatable bonds is 13. The van der Waals surface area contributed by atoms with Gasteiger partial charge in [-0.1, -0.05) is 0 Å². The summed E-state index contributed by atoms with van der Waals surface area (Å²) in [6, 6.07) is 3.20. The van der Waals surface area contributed by atoms with E-state index in [0.717, 1.165) is 0 Å². The molecule has 0 saturated carbocycles. The lowest BCUT2D eigenvalue weighted by Gasteiger charge is -2.08. The molecule has 0 aliphatic carbocycles. The molecule has 0 aliphatic heterocycles. The van der Waals surface area contributed by atoms with Crippen molar-refractivity contribution in [3.63, 3.8) is 0 Å². The van der Waals surface area contributed by atoms with E-state index < -0.39 is 5.97 Å². The van der Waals surface area contributed by atoms with Gasteiger partial charge in [-0.15, -0.1) is 0 Å². The van der Waals surface area contributed by atoms with Crippen molar-refractivity contribution in [2.75, 3.05) is 59.9 Å². The number of aromatic nitrogens is 1. The van der Waals surface area contributed by atoms with E-state index in [-0.39, 0.29) is 5.69 Å². The first kappa shape index (κ1) is 19.3. The molecule has 1 heterocycles. The van der Waals surface area contributed by atoms with Crippen molar-refractivity contribution in [3.05, 3.63) is 24.0 Å². The van der Waals surface area contributed by atoms with Crippen molar-refractivity contribution in [2.24, 2.45) is 5.73 Å². The van der Waals surface area contributed by atoms with E-state index in [1.54, 1.807) is 12.1 Å². The van der Waals surface area contributed by atoms with Crippen LogP contribution < -0.4 is 10.5 Å². The smallest absolute Gasteiger partial charge is 0.356 e. The number of nitrogens with zero attached hydrogens (tertiary/aromatic N) is 1. The number of carbonyl (C=O) groups is 1. The SMILES string of the molecule is COC(=O)c1ccc(OCCOCCOCCOCCN)cn1. The van der Waals surface area contributed by atoms with Gasteiger partial charge in [0.15, 0.2) is 0 Å². The number of nitrogens with two attached hydrogens (primary N) is 1. The van der Waals surface area contributed by atoms with Gasteiger partial charge in [-0.2, -0.15) is 0 Å². The van der Waals surface area contributed by atoms with Crippen molar-refractivity contribution in [1.82, 2.24) is 4.98 Å². The van der Waals surface area contributed by atoms with Gasteiger partial charge in [-0.05, 0) is 12.1 Å². The Balaban J connectivity index is 1.97. The van der Waals surface area contributed by atoms with Crippen LogP contribution in [0.4, 0.5) is 0 Å². The molecule has 1 aromatic rings. The lowest BCUT2D eigenvalue weighted by Crippen LogP contribution is -2.14. The number of pyridine rings is 1. The average molecular weight is 328 g/mol. The van der Waals surface area contributed by atoms with Gasteiger partial charge in [-0.25, -0.2) is 9.78 Å². The quantitative estimate of drug-likeness (QED) is 0.406. The minimum Gasteiger partial charge on any atom is -0.490 e. The molecule has 0 amide bonds. The van der Waals surface area contributed by atoms with Crippen LogP contribution in [0.5, 0.6) is 5.75 Å². The van der Waals surface area contributed by atoms with Crippen LogP contribution in [0, 0.1) is 0 Å². The summed E-state index contributed by atoms with van der Waals surface area (Å²) in [5, 5.41) is 0.